The van der Waals surface area contributed by atoms with Crippen LogP contribution in [0.5, 0.6) is 0 Å². The standard InChI is InChI=1S/C16H14O2/c1-18-16(17)15-8-4-7-13-12-6-3-2-5-11(12)9-10-14(13)15/h2-3,5-6,8-10H,4,7H2,1H3. The first-order valence-electron chi connectivity index (χ1n) is 6.11. The molecule has 0 amide bonds. The first-order valence-corrected chi connectivity index (χ1v) is 6.11. The largest absolute Gasteiger partial charge is 0.465 e. The van der Waals surface area contributed by atoms with E-state index in [4.69, 9.17) is 4.74 Å². The summed E-state index contributed by atoms with van der Waals surface area (Å²) in [4.78, 5) is 11.8. The van der Waals surface area contributed by atoms with Crippen molar-refractivity contribution in [2.24, 2.45) is 0 Å². The molecule has 0 unspecified atom stereocenters. The molecule has 0 N–H and O–H groups in total. The van der Waals surface area contributed by atoms with Crippen LogP contribution in [0.4, 0.5) is 0 Å². The van der Waals surface area contributed by atoms with Crippen LogP contribution < -0.4 is 0 Å². The fourth-order valence-corrected chi connectivity index (χ4v) is 2.63. The highest BCUT2D eigenvalue weighted by Crippen LogP contribution is 2.32. The molecule has 0 fully saturated rings. The Hall–Kier alpha value is -2.09. The number of rotatable bonds is 1. The summed E-state index contributed by atoms with van der Waals surface area (Å²) in [6, 6.07) is 12.4. The van der Waals surface area contributed by atoms with E-state index in [1.807, 2.05) is 24.3 Å². The number of aryl methyl sites for hydroxylation is 1. The molecule has 1 aliphatic rings. The topological polar surface area (TPSA) is 26.3 Å². The van der Waals surface area contributed by atoms with Crippen molar-refractivity contribution in [1.29, 1.82) is 0 Å². The van der Waals surface area contributed by atoms with Crippen molar-refractivity contribution < 1.29 is 9.53 Å². The highest BCUT2D eigenvalue weighted by atomic mass is 16.5. The minimum absolute atomic E-state index is 0.244. The van der Waals surface area contributed by atoms with Crippen molar-refractivity contribution in [2.45, 2.75) is 12.8 Å². The van der Waals surface area contributed by atoms with Gasteiger partial charge < -0.3 is 4.74 Å². The normalized spacial score (nSPS) is 13.9. The van der Waals surface area contributed by atoms with Crippen molar-refractivity contribution >= 4 is 22.3 Å². The molecule has 0 aliphatic heterocycles. The van der Waals surface area contributed by atoms with Crippen LogP contribution in [0.1, 0.15) is 17.5 Å². The molecule has 0 radical (unpaired) electrons. The molecule has 1 aliphatic carbocycles. The molecule has 0 aromatic heterocycles. The first-order chi connectivity index (χ1) is 8.81. The molecule has 2 aromatic rings. The van der Waals surface area contributed by atoms with Crippen molar-refractivity contribution in [3.63, 3.8) is 0 Å². The van der Waals surface area contributed by atoms with Crippen LogP contribution in [-0.4, -0.2) is 13.1 Å². The van der Waals surface area contributed by atoms with E-state index in [0.717, 1.165) is 18.4 Å². The lowest BCUT2D eigenvalue weighted by molar-refractivity contribution is -0.133. The lowest BCUT2D eigenvalue weighted by atomic mass is 9.87. The number of carbonyl (C=O) groups is 1. The van der Waals surface area contributed by atoms with Crippen molar-refractivity contribution in [2.75, 3.05) is 7.11 Å². The number of allylic oxidation sites excluding steroid dienone is 1. The summed E-state index contributed by atoms with van der Waals surface area (Å²) >= 11 is 0. The van der Waals surface area contributed by atoms with Gasteiger partial charge in [0.15, 0.2) is 0 Å². The number of benzene rings is 2. The predicted molar refractivity (Wildman–Crippen MR) is 72.3 cm³/mol. The average molecular weight is 238 g/mol. The van der Waals surface area contributed by atoms with Gasteiger partial charge >= 0.3 is 5.97 Å². The van der Waals surface area contributed by atoms with Gasteiger partial charge in [-0.3, -0.25) is 0 Å². The Bertz CT molecular complexity index is 653. The minimum atomic E-state index is -0.244. The maximum absolute atomic E-state index is 11.8. The number of fused-ring (bicyclic) bond motifs is 3. The Labute approximate surface area is 106 Å². The fourth-order valence-electron chi connectivity index (χ4n) is 2.63. The molecular weight excluding hydrogens is 224 g/mol. The van der Waals surface area contributed by atoms with E-state index in [9.17, 15) is 4.79 Å². The Morgan fingerprint density at radius 2 is 2.00 bits per heavy atom. The number of methoxy groups -OCH3 is 1. The van der Waals surface area contributed by atoms with Gasteiger partial charge in [-0.25, -0.2) is 4.79 Å². The van der Waals surface area contributed by atoms with E-state index in [1.54, 1.807) is 0 Å². The van der Waals surface area contributed by atoms with Crippen LogP contribution in [0.15, 0.2) is 42.5 Å². The van der Waals surface area contributed by atoms with Gasteiger partial charge in [-0.2, -0.15) is 0 Å². The zero-order valence-electron chi connectivity index (χ0n) is 10.3. The molecule has 2 aromatic carbocycles. The zero-order valence-corrected chi connectivity index (χ0v) is 10.3. The molecule has 0 spiro atoms. The lowest BCUT2D eigenvalue weighted by Crippen LogP contribution is -2.10. The number of hydrogen-bond acceptors (Lipinski definition) is 2. The summed E-state index contributed by atoms with van der Waals surface area (Å²) in [6.07, 6.45) is 3.85. The smallest absolute Gasteiger partial charge is 0.338 e. The summed E-state index contributed by atoms with van der Waals surface area (Å²) in [7, 11) is 1.43. The third kappa shape index (κ3) is 1.61. The second kappa shape index (κ2) is 4.30. The van der Waals surface area contributed by atoms with Crippen LogP contribution >= 0.6 is 0 Å². The van der Waals surface area contributed by atoms with Crippen LogP contribution in [0.3, 0.4) is 0 Å². The predicted octanol–water partition coefficient (Wildman–Crippen LogP) is 3.34. The number of carbonyl (C=O) groups excluding carboxylic acids is 1. The minimum Gasteiger partial charge on any atom is -0.465 e. The summed E-state index contributed by atoms with van der Waals surface area (Å²) in [5.74, 6) is -0.244. The molecule has 2 heteroatoms. The van der Waals surface area contributed by atoms with Crippen LogP contribution in [-0.2, 0) is 16.0 Å². The summed E-state index contributed by atoms with van der Waals surface area (Å²) in [5.41, 5.74) is 2.98. The van der Waals surface area contributed by atoms with Crippen molar-refractivity contribution in [1.82, 2.24) is 0 Å². The number of hydrogen-bond donors (Lipinski definition) is 0. The second-order valence-electron chi connectivity index (χ2n) is 4.46. The van der Waals surface area contributed by atoms with Gasteiger partial charge in [0.05, 0.1) is 12.7 Å². The van der Waals surface area contributed by atoms with Crippen LogP contribution in [0.2, 0.25) is 0 Å². The summed E-state index contributed by atoms with van der Waals surface area (Å²) in [6.45, 7) is 0. The molecule has 18 heavy (non-hydrogen) atoms. The van der Waals surface area contributed by atoms with Gasteiger partial charge in [-0.1, -0.05) is 42.5 Å². The van der Waals surface area contributed by atoms with E-state index in [2.05, 4.69) is 18.2 Å². The highest BCUT2D eigenvalue weighted by molar-refractivity contribution is 6.18. The van der Waals surface area contributed by atoms with Gasteiger partial charge in [0, 0.05) is 0 Å². The molecule has 0 heterocycles. The Kier molecular flexibility index (Phi) is 2.63. The van der Waals surface area contributed by atoms with E-state index >= 15 is 0 Å². The molecule has 0 bridgehead atoms. The highest BCUT2D eigenvalue weighted by Gasteiger charge is 2.20. The lowest BCUT2D eigenvalue weighted by Gasteiger charge is -2.18. The maximum Gasteiger partial charge on any atom is 0.338 e. The average Bonchev–Trinajstić information content (AvgIpc) is 2.45. The first kappa shape index (κ1) is 11.0. The number of esters is 1. The second-order valence-corrected chi connectivity index (χ2v) is 4.46. The molecule has 3 rings (SSSR count). The Morgan fingerprint density at radius 1 is 1.17 bits per heavy atom. The van der Waals surface area contributed by atoms with E-state index in [0.29, 0.717) is 5.57 Å². The quantitative estimate of drug-likeness (QED) is 0.712. The zero-order chi connectivity index (χ0) is 12.5. The monoisotopic (exact) mass is 238 g/mol. The van der Waals surface area contributed by atoms with E-state index in [1.165, 1.54) is 23.4 Å². The molecular formula is C16H14O2. The maximum atomic E-state index is 11.8. The molecule has 90 valence electrons. The molecule has 0 saturated heterocycles. The van der Waals surface area contributed by atoms with Crippen LogP contribution in [0.25, 0.3) is 16.3 Å². The van der Waals surface area contributed by atoms with E-state index in [-0.39, 0.29) is 5.97 Å². The van der Waals surface area contributed by atoms with Gasteiger partial charge in [-0.15, -0.1) is 0 Å². The van der Waals surface area contributed by atoms with Crippen molar-refractivity contribution in [3.8, 4) is 0 Å². The summed E-state index contributed by atoms with van der Waals surface area (Å²) in [5, 5.41) is 2.46. The van der Waals surface area contributed by atoms with Gasteiger partial charge in [0.25, 0.3) is 0 Å². The summed E-state index contributed by atoms with van der Waals surface area (Å²) < 4.78 is 4.85. The third-order valence-electron chi connectivity index (χ3n) is 3.48. The van der Waals surface area contributed by atoms with Crippen molar-refractivity contribution in [3.05, 3.63) is 53.6 Å². The van der Waals surface area contributed by atoms with Gasteiger partial charge in [-0.05, 0) is 34.7 Å². The molecule has 0 atom stereocenters. The fraction of sp³-hybridized carbons (Fsp3) is 0.188. The third-order valence-corrected chi connectivity index (χ3v) is 3.48. The Balaban J connectivity index is 2.24. The van der Waals surface area contributed by atoms with E-state index < -0.39 is 0 Å². The molecule has 2 nitrogen and oxygen atoms in total. The van der Waals surface area contributed by atoms with Gasteiger partial charge in [0.2, 0.25) is 0 Å². The molecule has 0 saturated carbocycles. The number of ether oxygens (including phenoxy) is 1. The Morgan fingerprint density at radius 3 is 2.83 bits per heavy atom. The van der Waals surface area contributed by atoms with Crippen LogP contribution in [0, 0.1) is 0 Å². The van der Waals surface area contributed by atoms with Gasteiger partial charge in [0.1, 0.15) is 0 Å². The SMILES string of the molecule is COC(=O)C1=CCCc2c1ccc1ccccc21.